The fourth-order valence-electron chi connectivity index (χ4n) is 1.51. The van der Waals surface area contributed by atoms with Gasteiger partial charge in [-0.05, 0) is 42.0 Å². The van der Waals surface area contributed by atoms with Crippen LogP contribution in [0.4, 0.5) is 5.69 Å². The van der Waals surface area contributed by atoms with Crippen LogP contribution in [0.2, 0.25) is 0 Å². The molecule has 2 aromatic carbocycles. The number of hydrogen-bond donors (Lipinski definition) is 1. The Kier molecular flexibility index (Phi) is 3.93. The van der Waals surface area contributed by atoms with Crippen LogP contribution in [0, 0.1) is 0 Å². The van der Waals surface area contributed by atoms with Gasteiger partial charge in [0.05, 0.1) is 18.4 Å². The van der Waals surface area contributed by atoms with Crippen LogP contribution in [-0.2, 0) is 4.74 Å². The van der Waals surface area contributed by atoms with Crippen molar-refractivity contribution in [2.75, 3.05) is 7.11 Å². The number of carbonyl (C=O) groups is 1. The predicted octanol–water partition coefficient (Wildman–Crippen LogP) is 2.93. The Labute approximate surface area is 111 Å². The minimum absolute atomic E-state index is 0.210. The lowest BCUT2D eigenvalue weighted by Crippen LogP contribution is -2.00. The monoisotopic (exact) mass is 255 g/mol. The van der Waals surface area contributed by atoms with E-state index in [1.807, 2.05) is 0 Å². The Balaban J connectivity index is 2.11. The first-order valence-corrected chi connectivity index (χ1v) is 5.70. The van der Waals surface area contributed by atoms with E-state index in [2.05, 4.69) is 9.73 Å². The predicted molar refractivity (Wildman–Crippen MR) is 73.1 cm³/mol. The van der Waals surface area contributed by atoms with Crippen LogP contribution in [-0.4, -0.2) is 24.4 Å². The smallest absolute Gasteiger partial charge is 0.337 e. The molecule has 0 radical (unpaired) electrons. The maximum absolute atomic E-state index is 11.3. The third kappa shape index (κ3) is 3.42. The van der Waals surface area contributed by atoms with Crippen molar-refractivity contribution in [1.29, 1.82) is 0 Å². The molecule has 0 saturated carbocycles. The van der Waals surface area contributed by atoms with Gasteiger partial charge in [0, 0.05) is 6.21 Å². The van der Waals surface area contributed by atoms with Gasteiger partial charge >= 0.3 is 5.97 Å². The molecule has 0 aliphatic heterocycles. The lowest BCUT2D eigenvalue weighted by atomic mass is 10.1. The van der Waals surface area contributed by atoms with Crippen LogP contribution in [0.1, 0.15) is 15.9 Å². The molecule has 0 heterocycles. The molecule has 0 fully saturated rings. The van der Waals surface area contributed by atoms with E-state index in [0.29, 0.717) is 5.56 Å². The Morgan fingerprint density at radius 1 is 1.11 bits per heavy atom. The largest absolute Gasteiger partial charge is 0.508 e. The van der Waals surface area contributed by atoms with Crippen LogP contribution >= 0.6 is 0 Å². The molecule has 0 spiro atoms. The molecule has 1 N–H and O–H groups in total. The normalized spacial score (nSPS) is 10.6. The molecule has 0 aliphatic rings. The van der Waals surface area contributed by atoms with E-state index < -0.39 is 0 Å². The first-order valence-electron chi connectivity index (χ1n) is 5.70. The minimum Gasteiger partial charge on any atom is -0.508 e. The van der Waals surface area contributed by atoms with Gasteiger partial charge in [-0.15, -0.1) is 0 Å². The Morgan fingerprint density at radius 2 is 1.74 bits per heavy atom. The van der Waals surface area contributed by atoms with Crippen LogP contribution in [0.25, 0.3) is 0 Å². The zero-order valence-electron chi connectivity index (χ0n) is 10.4. The SMILES string of the molecule is COC(=O)c1ccc(C=Nc2ccc(O)cc2)cc1. The van der Waals surface area contributed by atoms with Gasteiger partial charge in [-0.3, -0.25) is 4.99 Å². The molecule has 0 saturated heterocycles. The number of carbonyl (C=O) groups excluding carboxylic acids is 1. The molecule has 4 nitrogen and oxygen atoms in total. The van der Waals surface area contributed by atoms with Crippen molar-refractivity contribution in [1.82, 2.24) is 0 Å². The zero-order chi connectivity index (χ0) is 13.7. The van der Waals surface area contributed by atoms with E-state index in [4.69, 9.17) is 5.11 Å². The zero-order valence-corrected chi connectivity index (χ0v) is 10.4. The Morgan fingerprint density at radius 3 is 2.32 bits per heavy atom. The van der Waals surface area contributed by atoms with Crippen molar-refractivity contribution in [3.8, 4) is 5.75 Å². The average molecular weight is 255 g/mol. The highest BCUT2D eigenvalue weighted by molar-refractivity contribution is 5.90. The third-order valence-electron chi connectivity index (χ3n) is 2.54. The van der Waals surface area contributed by atoms with Gasteiger partial charge in [0.2, 0.25) is 0 Å². The summed E-state index contributed by atoms with van der Waals surface area (Å²) in [6.07, 6.45) is 1.69. The maximum Gasteiger partial charge on any atom is 0.337 e. The highest BCUT2D eigenvalue weighted by Gasteiger charge is 2.03. The van der Waals surface area contributed by atoms with Crippen LogP contribution in [0.5, 0.6) is 5.75 Å². The topological polar surface area (TPSA) is 58.9 Å². The van der Waals surface area contributed by atoms with Gasteiger partial charge < -0.3 is 9.84 Å². The number of rotatable bonds is 3. The summed E-state index contributed by atoms with van der Waals surface area (Å²) in [6, 6.07) is 13.5. The molecule has 0 aromatic heterocycles. The first-order chi connectivity index (χ1) is 9.19. The van der Waals surface area contributed by atoms with E-state index >= 15 is 0 Å². The molecule has 19 heavy (non-hydrogen) atoms. The first kappa shape index (κ1) is 12.8. The number of hydrogen-bond acceptors (Lipinski definition) is 4. The van der Waals surface area contributed by atoms with Crippen LogP contribution < -0.4 is 0 Å². The van der Waals surface area contributed by atoms with Gasteiger partial charge in [0.15, 0.2) is 0 Å². The van der Waals surface area contributed by atoms with Gasteiger partial charge in [-0.2, -0.15) is 0 Å². The van der Waals surface area contributed by atoms with E-state index in [1.54, 1.807) is 54.7 Å². The van der Waals surface area contributed by atoms with Crippen LogP contribution in [0.15, 0.2) is 53.5 Å². The van der Waals surface area contributed by atoms with E-state index in [1.165, 1.54) is 7.11 Å². The second-order valence-corrected chi connectivity index (χ2v) is 3.89. The molecule has 96 valence electrons. The second kappa shape index (κ2) is 5.82. The van der Waals surface area contributed by atoms with Gasteiger partial charge in [0.25, 0.3) is 0 Å². The number of phenolic OH excluding ortho intramolecular Hbond substituents is 1. The summed E-state index contributed by atoms with van der Waals surface area (Å²) in [5, 5.41) is 9.15. The van der Waals surface area contributed by atoms with E-state index in [0.717, 1.165) is 11.3 Å². The van der Waals surface area contributed by atoms with Crippen molar-refractivity contribution < 1.29 is 14.6 Å². The van der Waals surface area contributed by atoms with Gasteiger partial charge in [-0.25, -0.2) is 4.79 Å². The summed E-state index contributed by atoms with van der Waals surface area (Å²) in [5.41, 5.74) is 2.12. The van der Waals surface area contributed by atoms with Gasteiger partial charge in [0.1, 0.15) is 5.75 Å². The molecule has 2 rings (SSSR count). The van der Waals surface area contributed by atoms with Crippen molar-refractivity contribution in [3.05, 3.63) is 59.7 Å². The van der Waals surface area contributed by atoms with Crippen molar-refractivity contribution >= 4 is 17.9 Å². The number of benzene rings is 2. The number of aromatic hydroxyl groups is 1. The molecule has 0 aliphatic carbocycles. The average Bonchev–Trinajstić information content (AvgIpc) is 2.46. The highest BCUT2D eigenvalue weighted by atomic mass is 16.5. The minimum atomic E-state index is -0.359. The molecule has 0 unspecified atom stereocenters. The fourth-order valence-corrected chi connectivity index (χ4v) is 1.51. The molecular weight excluding hydrogens is 242 g/mol. The second-order valence-electron chi connectivity index (χ2n) is 3.89. The summed E-state index contributed by atoms with van der Waals surface area (Å²) < 4.78 is 4.62. The molecule has 4 heteroatoms. The summed E-state index contributed by atoms with van der Waals surface area (Å²) >= 11 is 0. The lowest BCUT2D eigenvalue weighted by Gasteiger charge is -1.99. The van der Waals surface area contributed by atoms with E-state index in [9.17, 15) is 4.79 Å². The number of nitrogens with zero attached hydrogens (tertiary/aromatic N) is 1. The number of esters is 1. The number of phenols is 1. The summed E-state index contributed by atoms with van der Waals surface area (Å²) in [5.74, 6) is -0.150. The summed E-state index contributed by atoms with van der Waals surface area (Å²) in [6.45, 7) is 0. The van der Waals surface area contributed by atoms with Crippen molar-refractivity contribution in [3.63, 3.8) is 0 Å². The maximum atomic E-state index is 11.3. The molecule has 0 bridgehead atoms. The molecular formula is C15H13NO3. The Hall–Kier alpha value is -2.62. The summed E-state index contributed by atoms with van der Waals surface area (Å²) in [7, 11) is 1.35. The standard InChI is InChI=1S/C15H13NO3/c1-19-15(18)12-4-2-11(3-5-12)10-16-13-6-8-14(17)9-7-13/h2-10,17H,1H3. The molecule has 0 amide bonds. The van der Waals surface area contributed by atoms with E-state index in [-0.39, 0.29) is 11.7 Å². The van der Waals surface area contributed by atoms with Crippen molar-refractivity contribution in [2.45, 2.75) is 0 Å². The highest BCUT2D eigenvalue weighted by Crippen LogP contribution is 2.16. The number of ether oxygens (including phenoxy) is 1. The quantitative estimate of drug-likeness (QED) is 0.677. The number of methoxy groups -OCH3 is 1. The van der Waals surface area contributed by atoms with Crippen molar-refractivity contribution in [2.24, 2.45) is 4.99 Å². The third-order valence-corrected chi connectivity index (χ3v) is 2.54. The number of aliphatic imine (C=N–C) groups is 1. The van der Waals surface area contributed by atoms with Crippen LogP contribution in [0.3, 0.4) is 0 Å². The van der Waals surface area contributed by atoms with Gasteiger partial charge in [-0.1, -0.05) is 12.1 Å². The lowest BCUT2D eigenvalue weighted by molar-refractivity contribution is 0.0600. The summed E-state index contributed by atoms with van der Waals surface area (Å²) in [4.78, 5) is 15.5. The molecule has 2 aromatic rings. The fraction of sp³-hybridized carbons (Fsp3) is 0.0667. The molecule has 0 atom stereocenters. The Bertz CT molecular complexity index is 586.